The van der Waals surface area contributed by atoms with Crippen LogP contribution < -0.4 is 0 Å². The Morgan fingerprint density at radius 1 is 1.50 bits per heavy atom. The maximum Gasteiger partial charge on any atom is 0.262 e. The Labute approximate surface area is 94.9 Å². The van der Waals surface area contributed by atoms with Crippen molar-refractivity contribution in [1.82, 2.24) is 0 Å². The highest BCUT2D eigenvalue weighted by Gasteiger charge is 2.15. The fourth-order valence-electron chi connectivity index (χ4n) is 0.944. The van der Waals surface area contributed by atoms with Gasteiger partial charge in [-0.1, -0.05) is 22.0 Å². The van der Waals surface area contributed by atoms with Crippen molar-refractivity contribution < 1.29 is 8.42 Å². The predicted octanol–water partition coefficient (Wildman–Crippen LogP) is 2.38. The molecule has 0 aliphatic carbocycles. The van der Waals surface area contributed by atoms with Gasteiger partial charge in [-0.15, -0.1) is 0 Å². The predicted molar refractivity (Wildman–Crippen MR) is 56.8 cm³/mol. The maximum atomic E-state index is 11.1. The molecule has 0 saturated carbocycles. The number of hydrogen-bond donors (Lipinski definition) is 0. The Balaban J connectivity index is 3.47. The van der Waals surface area contributed by atoms with Crippen molar-refractivity contribution in [2.45, 2.75) is 10.2 Å². The van der Waals surface area contributed by atoms with Crippen LogP contribution in [0.2, 0.25) is 0 Å². The van der Waals surface area contributed by atoms with Crippen molar-refractivity contribution >= 4 is 35.7 Å². The lowest BCUT2D eigenvalue weighted by Gasteiger charge is -2.01. The van der Waals surface area contributed by atoms with E-state index in [1.54, 1.807) is 12.1 Å². The molecule has 6 heteroatoms. The molecule has 0 bridgehead atoms. The first-order valence-corrected chi connectivity index (χ1v) is 6.96. The number of nitriles is 1. The van der Waals surface area contributed by atoms with E-state index < -0.39 is 9.05 Å². The van der Waals surface area contributed by atoms with Crippen molar-refractivity contribution in [3.63, 3.8) is 0 Å². The van der Waals surface area contributed by atoms with Crippen LogP contribution in [0.4, 0.5) is 0 Å². The Bertz CT molecular complexity index is 493. The summed E-state index contributed by atoms with van der Waals surface area (Å²) in [5.74, 6) is 0. The molecule has 0 spiro atoms. The average Bonchev–Trinajstić information content (AvgIpc) is 2.15. The molecule has 0 aliphatic rings. The zero-order valence-electron chi connectivity index (χ0n) is 6.87. The van der Waals surface area contributed by atoms with Crippen LogP contribution in [-0.2, 0) is 14.4 Å². The normalized spacial score (nSPS) is 10.9. The second-order valence-corrected chi connectivity index (χ2v) is 5.61. The van der Waals surface area contributed by atoms with Crippen LogP contribution >= 0.6 is 26.6 Å². The lowest BCUT2D eigenvalue weighted by molar-refractivity contribution is 0.609. The molecular weight excluding hydrogens is 290 g/mol. The van der Waals surface area contributed by atoms with Gasteiger partial charge in [0, 0.05) is 16.0 Å². The maximum absolute atomic E-state index is 11.1. The standard InChI is InChI=1S/C8H5BrClNO2S/c9-4-6-1-2-7(5-11)8(3-6)14(10,12)13/h1-3H,4H2. The quantitative estimate of drug-likeness (QED) is 0.621. The summed E-state index contributed by atoms with van der Waals surface area (Å²) in [5, 5.41) is 9.17. The van der Waals surface area contributed by atoms with Crippen LogP contribution in [0.15, 0.2) is 23.1 Å². The van der Waals surface area contributed by atoms with Gasteiger partial charge in [0.2, 0.25) is 0 Å². The third kappa shape index (κ3) is 2.47. The van der Waals surface area contributed by atoms with Crippen LogP contribution in [0.5, 0.6) is 0 Å². The molecular formula is C8H5BrClNO2S. The van der Waals surface area contributed by atoms with Gasteiger partial charge in [-0.25, -0.2) is 8.42 Å². The number of benzene rings is 1. The number of nitrogens with zero attached hydrogens (tertiary/aromatic N) is 1. The van der Waals surface area contributed by atoms with E-state index in [0.717, 1.165) is 5.56 Å². The van der Waals surface area contributed by atoms with E-state index in [1.165, 1.54) is 12.1 Å². The third-order valence-electron chi connectivity index (χ3n) is 1.58. The van der Waals surface area contributed by atoms with Gasteiger partial charge in [-0.3, -0.25) is 0 Å². The summed E-state index contributed by atoms with van der Waals surface area (Å²) in [6.07, 6.45) is 0. The topological polar surface area (TPSA) is 57.9 Å². The van der Waals surface area contributed by atoms with Gasteiger partial charge in [0.15, 0.2) is 0 Å². The number of alkyl halides is 1. The van der Waals surface area contributed by atoms with Crippen molar-refractivity contribution in [3.8, 4) is 6.07 Å². The largest absolute Gasteiger partial charge is 0.262 e. The highest BCUT2D eigenvalue weighted by atomic mass is 79.9. The highest BCUT2D eigenvalue weighted by molar-refractivity contribution is 9.08. The van der Waals surface area contributed by atoms with Crippen molar-refractivity contribution in [1.29, 1.82) is 5.26 Å². The molecule has 0 unspecified atom stereocenters. The fourth-order valence-corrected chi connectivity index (χ4v) is 2.34. The molecule has 0 saturated heterocycles. The van der Waals surface area contributed by atoms with Gasteiger partial charge < -0.3 is 0 Å². The number of hydrogen-bond acceptors (Lipinski definition) is 3. The molecule has 0 N–H and O–H groups in total. The summed E-state index contributed by atoms with van der Waals surface area (Å²) >= 11 is 3.18. The minimum Gasteiger partial charge on any atom is -0.207 e. The second kappa shape index (κ2) is 4.30. The molecule has 0 fully saturated rings. The highest BCUT2D eigenvalue weighted by Crippen LogP contribution is 2.22. The van der Waals surface area contributed by atoms with Gasteiger partial charge in [0.05, 0.1) is 5.56 Å². The summed E-state index contributed by atoms with van der Waals surface area (Å²) in [4.78, 5) is -0.140. The van der Waals surface area contributed by atoms with E-state index in [0.29, 0.717) is 5.33 Å². The molecule has 0 amide bonds. The molecule has 1 aromatic rings. The van der Waals surface area contributed by atoms with Crippen LogP contribution in [-0.4, -0.2) is 8.42 Å². The Hall–Kier alpha value is -0.570. The molecule has 0 heterocycles. The summed E-state index contributed by atoms with van der Waals surface area (Å²) < 4.78 is 22.2. The molecule has 74 valence electrons. The van der Waals surface area contributed by atoms with E-state index in [-0.39, 0.29) is 10.5 Å². The number of halogens is 2. The first kappa shape index (κ1) is 11.5. The van der Waals surface area contributed by atoms with Gasteiger partial charge in [0.1, 0.15) is 11.0 Å². The van der Waals surface area contributed by atoms with E-state index >= 15 is 0 Å². The first-order valence-electron chi connectivity index (χ1n) is 3.52. The molecule has 0 atom stereocenters. The SMILES string of the molecule is N#Cc1ccc(CBr)cc1S(=O)(=O)Cl. The molecule has 0 radical (unpaired) electrons. The van der Waals surface area contributed by atoms with Crippen LogP contribution in [0.3, 0.4) is 0 Å². The summed E-state index contributed by atoms with van der Waals surface area (Å²) in [6.45, 7) is 0. The Morgan fingerprint density at radius 2 is 2.14 bits per heavy atom. The van der Waals surface area contributed by atoms with Crippen molar-refractivity contribution in [2.24, 2.45) is 0 Å². The van der Waals surface area contributed by atoms with Gasteiger partial charge >= 0.3 is 0 Å². The first-order chi connectivity index (χ1) is 6.49. The summed E-state index contributed by atoms with van der Waals surface area (Å²) in [7, 11) is 1.33. The summed E-state index contributed by atoms with van der Waals surface area (Å²) in [6, 6.07) is 6.26. The summed E-state index contributed by atoms with van der Waals surface area (Å²) in [5.41, 5.74) is 0.813. The zero-order valence-corrected chi connectivity index (χ0v) is 10.0. The van der Waals surface area contributed by atoms with Crippen LogP contribution in [0.1, 0.15) is 11.1 Å². The molecule has 1 rings (SSSR count). The third-order valence-corrected chi connectivity index (χ3v) is 3.59. The lowest BCUT2D eigenvalue weighted by Crippen LogP contribution is -1.96. The molecule has 0 aromatic heterocycles. The van der Waals surface area contributed by atoms with Gasteiger partial charge in [-0.2, -0.15) is 5.26 Å². The van der Waals surface area contributed by atoms with Crippen molar-refractivity contribution in [3.05, 3.63) is 29.3 Å². The molecule has 0 aliphatic heterocycles. The monoisotopic (exact) mass is 293 g/mol. The van der Waals surface area contributed by atoms with Gasteiger partial charge in [0.25, 0.3) is 9.05 Å². The molecule has 14 heavy (non-hydrogen) atoms. The van der Waals surface area contributed by atoms with E-state index in [1.807, 2.05) is 0 Å². The number of rotatable bonds is 2. The van der Waals surface area contributed by atoms with E-state index in [9.17, 15) is 8.42 Å². The van der Waals surface area contributed by atoms with Crippen LogP contribution in [0, 0.1) is 11.3 Å². The lowest BCUT2D eigenvalue weighted by atomic mass is 10.2. The minimum atomic E-state index is -3.85. The van der Waals surface area contributed by atoms with Crippen molar-refractivity contribution in [2.75, 3.05) is 0 Å². The molecule has 1 aromatic carbocycles. The van der Waals surface area contributed by atoms with Gasteiger partial charge in [-0.05, 0) is 17.7 Å². The van der Waals surface area contributed by atoms with E-state index in [2.05, 4.69) is 15.9 Å². The second-order valence-electron chi connectivity index (χ2n) is 2.51. The minimum absolute atomic E-state index is 0.0599. The Morgan fingerprint density at radius 3 is 2.57 bits per heavy atom. The molecule has 3 nitrogen and oxygen atoms in total. The Kier molecular flexibility index (Phi) is 3.53. The fraction of sp³-hybridized carbons (Fsp3) is 0.125. The van der Waals surface area contributed by atoms with Crippen LogP contribution in [0.25, 0.3) is 0 Å². The van der Waals surface area contributed by atoms with E-state index in [4.69, 9.17) is 15.9 Å². The average molecular weight is 295 g/mol. The smallest absolute Gasteiger partial charge is 0.207 e. The zero-order chi connectivity index (χ0) is 10.8.